The number of hydrogen-bond donors (Lipinski definition) is 1. The maximum Gasteiger partial charge on any atom is 0.311 e. The summed E-state index contributed by atoms with van der Waals surface area (Å²) >= 11 is 0. The van der Waals surface area contributed by atoms with Gasteiger partial charge in [-0.15, -0.1) is 0 Å². The van der Waals surface area contributed by atoms with Crippen LogP contribution in [0.4, 0.5) is 14.5 Å². The van der Waals surface area contributed by atoms with Gasteiger partial charge in [-0.05, 0) is 37.1 Å². The third kappa shape index (κ3) is 4.38. The molecule has 24 heavy (non-hydrogen) atoms. The molecule has 0 bridgehead atoms. The molecule has 0 aliphatic carbocycles. The summed E-state index contributed by atoms with van der Waals surface area (Å²) < 4.78 is 32.0. The fourth-order valence-electron chi connectivity index (χ4n) is 2.10. The van der Waals surface area contributed by atoms with Crippen LogP contribution in [0, 0.1) is 18.6 Å². The van der Waals surface area contributed by atoms with Gasteiger partial charge in [0.2, 0.25) is 0 Å². The SMILES string of the molecule is Cc1ccccc1CC(=O)O[C@@H](C)C(=O)Nc1c(F)cccc1F. The highest BCUT2D eigenvalue weighted by Gasteiger charge is 2.21. The summed E-state index contributed by atoms with van der Waals surface area (Å²) in [7, 11) is 0. The van der Waals surface area contributed by atoms with Gasteiger partial charge in [0.15, 0.2) is 6.10 Å². The summed E-state index contributed by atoms with van der Waals surface area (Å²) in [5.41, 5.74) is 1.15. The molecule has 2 aromatic carbocycles. The highest BCUT2D eigenvalue weighted by molar-refractivity contribution is 5.95. The molecule has 2 rings (SSSR count). The van der Waals surface area contributed by atoms with Crippen LogP contribution in [0.3, 0.4) is 0 Å². The van der Waals surface area contributed by atoms with Gasteiger partial charge in [0.1, 0.15) is 17.3 Å². The molecule has 0 aromatic heterocycles. The monoisotopic (exact) mass is 333 g/mol. The lowest BCUT2D eigenvalue weighted by Crippen LogP contribution is -2.31. The van der Waals surface area contributed by atoms with E-state index in [0.717, 1.165) is 23.3 Å². The third-order valence-electron chi connectivity index (χ3n) is 3.48. The zero-order valence-corrected chi connectivity index (χ0v) is 13.3. The van der Waals surface area contributed by atoms with Crippen LogP contribution in [0.5, 0.6) is 0 Å². The molecule has 126 valence electrons. The van der Waals surface area contributed by atoms with E-state index in [1.54, 1.807) is 12.1 Å². The Balaban J connectivity index is 1.96. The first-order valence-electron chi connectivity index (χ1n) is 7.37. The fourth-order valence-corrected chi connectivity index (χ4v) is 2.10. The molecule has 1 N–H and O–H groups in total. The first-order chi connectivity index (χ1) is 11.4. The molecule has 1 amide bonds. The van der Waals surface area contributed by atoms with Crippen molar-refractivity contribution >= 4 is 17.6 Å². The number of carbonyl (C=O) groups is 2. The molecule has 0 spiro atoms. The normalized spacial score (nSPS) is 11.7. The minimum atomic E-state index is -1.18. The number of ether oxygens (including phenoxy) is 1. The van der Waals surface area contributed by atoms with Crippen LogP contribution in [0.15, 0.2) is 42.5 Å². The van der Waals surface area contributed by atoms with Gasteiger partial charge < -0.3 is 10.1 Å². The third-order valence-corrected chi connectivity index (χ3v) is 3.48. The van der Waals surface area contributed by atoms with Crippen LogP contribution in [0.2, 0.25) is 0 Å². The van der Waals surface area contributed by atoms with Crippen molar-refractivity contribution in [2.45, 2.75) is 26.4 Å². The molecule has 0 saturated heterocycles. The van der Waals surface area contributed by atoms with Gasteiger partial charge in [-0.25, -0.2) is 8.78 Å². The number of benzene rings is 2. The molecule has 2 aromatic rings. The lowest BCUT2D eigenvalue weighted by Gasteiger charge is -2.14. The summed E-state index contributed by atoms with van der Waals surface area (Å²) in [6, 6.07) is 10.5. The van der Waals surface area contributed by atoms with Gasteiger partial charge in [-0.2, -0.15) is 0 Å². The second-order valence-corrected chi connectivity index (χ2v) is 5.32. The predicted molar refractivity (Wildman–Crippen MR) is 85.4 cm³/mol. The number of esters is 1. The lowest BCUT2D eigenvalue weighted by molar-refractivity contribution is -0.152. The van der Waals surface area contributed by atoms with Crippen molar-refractivity contribution < 1.29 is 23.1 Å². The molecule has 1 atom stereocenters. The lowest BCUT2D eigenvalue weighted by atomic mass is 10.1. The molecular weight excluding hydrogens is 316 g/mol. The second-order valence-electron chi connectivity index (χ2n) is 5.32. The first-order valence-corrected chi connectivity index (χ1v) is 7.37. The topological polar surface area (TPSA) is 55.4 Å². The second kappa shape index (κ2) is 7.68. The number of halogens is 2. The standard InChI is InChI=1S/C18H17F2NO3/c1-11-6-3-4-7-13(11)10-16(22)24-12(2)18(23)21-17-14(19)8-5-9-15(17)20/h3-9,12H,10H2,1-2H3,(H,21,23)/t12-/m0/s1. The van der Waals surface area contributed by atoms with Gasteiger partial charge >= 0.3 is 5.97 Å². The molecule has 6 heteroatoms. The Morgan fingerprint density at radius 2 is 1.71 bits per heavy atom. The van der Waals surface area contributed by atoms with Crippen molar-refractivity contribution in [3.8, 4) is 0 Å². The number of para-hydroxylation sites is 1. The minimum Gasteiger partial charge on any atom is -0.452 e. The Labute approximate surface area is 138 Å². The van der Waals surface area contributed by atoms with E-state index in [0.29, 0.717) is 0 Å². The van der Waals surface area contributed by atoms with Gasteiger partial charge in [-0.3, -0.25) is 9.59 Å². The summed E-state index contributed by atoms with van der Waals surface area (Å²) in [4.78, 5) is 23.9. The van der Waals surface area contributed by atoms with E-state index in [2.05, 4.69) is 5.32 Å². The number of hydrogen-bond acceptors (Lipinski definition) is 3. The van der Waals surface area contributed by atoms with E-state index in [1.165, 1.54) is 13.0 Å². The first kappa shape index (κ1) is 17.6. The molecular formula is C18H17F2NO3. The summed E-state index contributed by atoms with van der Waals surface area (Å²) in [5, 5.41) is 2.09. The van der Waals surface area contributed by atoms with E-state index in [4.69, 9.17) is 4.74 Å². The summed E-state index contributed by atoms with van der Waals surface area (Å²) in [6.45, 7) is 3.20. The summed E-state index contributed by atoms with van der Waals surface area (Å²) in [5.74, 6) is -3.21. The quantitative estimate of drug-likeness (QED) is 0.854. The number of amides is 1. The van der Waals surface area contributed by atoms with Gasteiger partial charge in [0.05, 0.1) is 6.42 Å². The van der Waals surface area contributed by atoms with Crippen LogP contribution >= 0.6 is 0 Å². The van der Waals surface area contributed by atoms with Crippen LogP contribution in [0.1, 0.15) is 18.1 Å². The number of rotatable bonds is 5. The van der Waals surface area contributed by atoms with Crippen LogP contribution in [-0.4, -0.2) is 18.0 Å². The Hall–Kier alpha value is -2.76. The zero-order valence-electron chi connectivity index (χ0n) is 13.3. The molecule has 0 heterocycles. The zero-order chi connectivity index (χ0) is 17.7. The highest BCUT2D eigenvalue weighted by atomic mass is 19.1. The van der Waals surface area contributed by atoms with Crippen molar-refractivity contribution in [3.63, 3.8) is 0 Å². The number of anilines is 1. The Morgan fingerprint density at radius 1 is 1.08 bits per heavy atom. The Morgan fingerprint density at radius 3 is 2.33 bits per heavy atom. The van der Waals surface area contributed by atoms with Gasteiger partial charge in [-0.1, -0.05) is 30.3 Å². The Bertz CT molecular complexity index is 741. The highest BCUT2D eigenvalue weighted by Crippen LogP contribution is 2.18. The molecule has 0 aliphatic rings. The van der Waals surface area contributed by atoms with Crippen LogP contribution in [0.25, 0.3) is 0 Å². The predicted octanol–water partition coefficient (Wildman–Crippen LogP) is 3.39. The summed E-state index contributed by atoms with van der Waals surface area (Å²) in [6.07, 6.45) is -1.17. The van der Waals surface area contributed by atoms with Gasteiger partial charge in [0.25, 0.3) is 5.91 Å². The minimum absolute atomic E-state index is 0.0123. The van der Waals surface area contributed by atoms with E-state index in [-0.39, 0.29) is 6.42 Å². The van der Waals surface area contributed by atoms with Crippen molar-refractivity contribution in [3.05, 3.63) is 65.2 Å². The van der Waals surface area contributed by atoms with E-state index >= 15 is 0 Å². The van der Waals surface area contributed by atoms with Crippen molar-refractivity contribution in [2.75, 3.05) is 5.32 Å². The number of nitrogens with one attached hydrogen (secondary N) is 1. The molecule has 0 saturated carbocycles. The molecule has 0 unspecified atom stereocenters. The van der Waals surface area contributed by atoms with E-state index in [9.17, 15) is 18.4 Å². The van der Waals surface area contributed by atoms with Crippen molar-refractivity contribution in [1.29, 1.82) is 0 Å². The van der Waals surface area contributed by atoms with E-state index in [1.807, 2.05) is 19.1 Å². The van der Waals surface area contributed by atoms with Crippen molar-refractivity contribution in [1.82, 2.24) is 0 Å². The van der Waals surface area contributed by atoms with Crippen LogP contribution < -0.4 is 5.32 Å². The number of aryl methyl sites for hydroxylation is 1. The Kier molecular flexibility index (Phi) is 5.63. The van der Waals surface area contributed by atoms with Crippen LogP contribution in [-0.2, 0) is 20.7 Å². The van der Waals surface area contributed by atoms with Crippen molar-refractivity contribution in [2.24, 2.45) is 0 Å². The fraction of sp³-hybridized carbons (Fsp3) is 0.222. The van der Waals surface area contributed by atoms with Gasteiger partial charge in [0, 0.05) is 0 Å². The largest absolute Gasteiger partial charge is 0.452 e. The molecule has 0 radical (unpaired) electrons. The molecule has 4 nitrogen and oxygen atoms in total. The average Bonchev–Trinajstić information content (AvgIpc) is 2.53. The van der Waals surface area contributed by atoms with E-state index < -0.39 is 35.3 Å². The maximum atomic E-state index is 13.5. The average molecular weight is 333 g/mol. The number of carbonyl (C=O) groups excluding carboxylic acids is 2. The molecule has 0 fully saturated rings. The maximum absolute atomic E-state index is 13.5. The molecule has 0 aliphatic heterocycles. The smallest absolute Gasteiger partial charge is 0.311 e.